The lowest BCUT2D eigenvalue weighted by molar-refractivity contribution is -0.129. The van der Waals surface area contributed by atoms with Gasteiger partial charge >= 0.3 is 0 Å². The SMILES string of the molecule is Cc1csc(CC(=O)NNC(=O)CN(C)Cc2ccc(Cl)cc2Cl)n1. The van der Waals surface area contributed by atoms with Crippen molar-refractivity contribution in [2.75, 3.05) is 13.6 Å². The van der Waals surface area contributed by atoms with E-state index in [-0.39, 0.29) is 24.8 Å². The van der Waals surface area contributed by atoms with Gasteiger partial charge in [0, 0.05) is 27.7 Å². The molecular weight excluding hydrogens is 383 g/mol. The van der Waals surface area contributed by atoms with E-state index in [0.29, 0.717) is 21.6 Å². The van der Waals surface area contributed by atoms with E-state index in [1.165, 1.54) is 11.3 Å². The summed E-state index contributed by atoms with van der Waals surface area (Å²) in [6.45, 7) is 2.45. The first kappa shape index (κ1) is 19.7. The Hall–Kier alpha value is -1.67. The van der Waals surface area contributed by atoms with Crippen molar-refractivity contribution in [2.45, 2.75) is 19.9 Å². The van der Waals surface area contributed by atoms with Gasteiger partial charge in [0.25, 0.3) is 5.91 Å². The van der Waals surface area contributed by atoms with Crippen molar-refractivity contribution < 1.29 is 9.59 Å². The van der Waals surface area contributed by atoms with E-state index in [4.69, 9.17) is 23.2 Å². The molecule has 2 rings (SSSR count). The van der Waals surface area contributed by atoms with Crippen molar-refractivity contribution in [3.63, 3.8) is 0 Å². The third-order valence-electron chi connectivity index (χ3n) is 3.19. The Morgan fingerprint density at radius 2 is 1.96 bits per heavy atom. The van der Waals surface area contributed by atoms with Gasteiger partial charge in [-0.1, -0.05) is 29.3 Å². The molecule has 0 fully saturated rings. The fraction of sp³-hybridized carbons (Fsp3) is 0.312. The number of hydrogen-bond acceptors (Lipinski definition) is 5. The van der Waals surface area contributed by atoms with Crippen LogP contribution in [0.1, 0.15) is 16.3 Å². The van der Waals surface area contributed by atoms with E-state index in [1.54, 1.807) is 24.1 Å². The number of halogens is 2. The van der Waals surface area contributed by atoms with Crippen molar-refractivity contribution in [2.24, 2.45) is 0 Å². The predicted molar refractivity (Wildman–Crippen MR) is 99.6 cm³/mol. The van der Waals surface area contributed by atoms with Crippen molar-refractivity contribution >= 4 is 46.4 Å². The largest absolute Gasteiger partial charge is 0.293 e. The summed E-state index contributed by atoms with van der Waals surface area (Å²) in [6, 6.07) is 5.22. The van der Waals surface area contributed by atoms with Crippen molar-refractivity contribution in [1.82, 2.24) is 20.7 Å². The van der Waals surface area contributed by atoms with Crippen molar-refractivity contribution in [3.8, 4) is 0 Å². The summed E-state index contributed by atoms with van der Waals surface area (Å²) in [5.41, 5.74) is 6.52. The molecule has 25 heavy (non-hydrogen) atoms. The van der Waals surface area contributed by atoms with E-state index in [0.717, 1.165) is 11.3 Å². The molecule has 0 bridgehead atoms. The third kappa shape index (κ3) is 6.62. The van der Waals surface area contributed by atoms with Gasteiger partial charge in [0.05, 0.1) is 13.0 Å². The zero-order chi connectivity index (χ0) is 18.4. The van der Waals surface area contributed by atoms with Crippen LogP contribution in [0.2, 0.25) is 10.0 Å². The van der Waals surface area contributed by atoms with Gasteiger partial charge in [-0.2, -0.15) is 0 Å². The van der Waals surface area contributed by atoms with Crippen LogP contribution in [0, 0.1) is 6.92 Å². The number of carbonyl (C=O) groups is 2. The van der Waals surface area contributed by atoms with Crippen LogP contribution in [0.15, 0.2) is 23.6 Å². The van der Waals surface area contributed by atoms with Crippen LogP contribution >= 0.6 is 34.5 Å². The average molecular weight is 401 g/mol. The van der Waals surface area contributed by atoms with Crippen LogP contribution in [-0.2, 0) is 22.6 Å². The highest BCUT2D eigenvalue weighted by Crippen LogP contribution is 2.21. The van der Waals surface area contributed by atoms with Crippen molar-refractivity contribution in [1.29, 1.82) is 0 Å². The molecule has 0 saturated carbocycles. The zero-order valence-electron chi connectivity index (χ0n) is 13.8. The van der Waals surface area contributed by atoms with Crippen molar-refractivity contribution in [3.05, 3.63) is 49.9 Å². The topological polar surface area (TPSA) is 74.3 Å². The maximum atomic E-state index is 11.9. The van der Waals surface area contributed by atoms with Gasteiger partial charge in [-0.15, -0.1) is 11.3 Å². The molecule has 1 heterocycles. The second-order valence-corrected chi connectivity index (χ2v) is 7.35. The number of rotatable bonds is 6. The van der Waals surface area contributed by atoms with E-state index in [1.807, 2.05) is 18.4 Å². The Morgan fingerprint density at radius 1 is 1.24 bits per heavy atom. The smallest absolute Gasteiger partial charge is 0.252 e. The normalized spacial score (nSPS) is 10.8. The van der Waals surface area contributed by atoms with Gasteiger partial charge in [-0.05, 0) is 31.7 Å². The number of carbonyl (C=O) groups excluding carboxylic acids is 2. The molecule has 0 aliphatic heterocycles. The number of thiazole rings is 1. The number of amides is 2. The minimum absolute atomic E-state index is 0.107. The molecule has 0 aliphatic carbocycles. The highest BCUT2D eigenvalue weighted by molar-refractivity contribution is 7.09. The molecule has 9 heteroatoms. The summed E-state index contributed by atoms with van der Waals surface area (Å²) in [4.78, 5) is 29.7. The van der Waals surface area contributed by atoms with Gasteiger partial charge in [0.1, 0.15) is 5.01 Å². The zero-order valence-corrected chi connectivity index (χ0v) is 16.1. The molecule has 0 spiro atoms. The molecule has 2 N–H and O–H groups in total. The standard InChI is InChI=1S/C16H18Cl2N4O2S/c1-10-9-25-16(19-10)6-14(23)20-21-15(24)8-22(2)7-11-3-4-12(17)5-13(11)18/h3-5,9H,6-8H2,1-2H3,(H,20,23)(H,21,24). The molecule has 0 atom stereocenters. The monoisotopic (exact) mass is 400 g/mol. The second kappa shape index (κ2) is 9.15. The number of nitrogens with one attached hydrogen (secondary N) is 2. The van der Waals surface area contributed by atoms with Gasteiger partial charge < -0.3 is 0 Å². The van der Waals surface area contributed by atoms with E-state index in [9.17, 15) is 9.59 Å². The predicted octanol–water partition coefficient (Wildman–Crippen LogP) is 2.58. The van der Waals surface area contributed by atoms with Crippen LogP contribution < -0.4 is 10.9 Å². The van der Waals surface area contributed by atoms with Crippen LogP contribution in [0.5, 0.6) is 0 Å². The van der Waals surface area contributed by atoms with Gasteiger partial charge in [0.15, 0.2) is 0 Å². The maximum Gasteiger partial charge on any atom is 0.252 e. The number of hydrogen-bond donors (Lipinski definition) is 2. The van der Waals surface area contributed by atoms with E-state index in [2.05, 4.69) is 15.8 Å². The highest BCUT2D eigenvalue weighted by Gasteiger charge is 2.11. The fourth-order valence-electron chi connectivity index (χ4n) is 2.09. The molecule has 0 aliphatic rings. The molecule has 0 saturated heterocycles. The Bertz CT molecular complexity index is 766. The molecule has 1 aromatic carbocycles. The number of aromatic nitrogens is 1. The lowest BCUT2D eigenvalue weighted by atomic mass is 10.2. The first-order chi connectivity index (χ1) is 11.8. The number of nitrogens with zero attached hydrogens (tertiary/aromatic N) is 2. The summed E-state index contributed by atoms with van der Waals surface area (Å²) in [6.07, 6.45) is 0.134. The number of benzene rings is 1. The van der Waals surface area contributed by atoms with Gasteiger partial charge in [0.2, 0.25) is 5.91 Å². The highest BCUT2D eigenvalue weighted by atomic mass is 35.5. The number of hydrazine groups is 1. The first-order valence-corrected chi connectivity index (χ1v) is 9.08. The van der Waals surface area contributed by atoms with E-state index < -0.39 is 0 Å². The van der Waals surface area contributed by atoms with Crippen LogP contribution in [-0.4, -0.2) is 35.3 Å². The third-order valence-corrected chi connectivity index (χ3v) is 4.74. The number of likely N-dealkylation sites (N-methyl/N-ethyl adjacent to an activating group) is 1. The summed E-state index contributed by atoms with van der Waals surface area (Å²) in [7, 11) is 1.78. The van der Waals surface area contributed by atoms with Gasteiger partial charge in [-0.25, -0.2) is 4.98 Å². The maximum absolute atomic E-state index is 11.9. The summed E-state index contributed by atoms with van der Waals surface area (Å²) in [5.74, 6) is -0.637. The van der Waals surface area contributed by atoms with Gasteiger partial charge in [-0.3, -0.25) is 25.3 Å². The molecule has 1 aromatic heterocycles. The fourth-order valence-corrected chi connectivity index (χ4v) is 3.32. The molecule has 2 amide bonds. The molecular formula is C16H18Cl2N4O2S. The second-order valence-electron chi connectivity index (χ2n) is 5.56. The minimum atomic E-state index is -0.323. The summed E-state index contributed by atoms with van der Waals surface area (Å²) < 4.78 is 0. The minimum Gasteiger partial charge on any atom is -0.293 e. The average Bonchev–Trinajstić information content (AvgIpc) is 2.93. The summed E-state index contributed by atoms with van der Waals surface area (Å²) in [5, 5.41) is 3.69. The lowest BCUT2D eigenvalue weighted by Crippen LogP contribution is -2.46. The first-order valence-electron chi connectivity index (χ1n) is 7.44. The molecule has 0 unspecified atom stereocenters. The van der Waals surface area contributed by atoms with E-state index >= 15 is 0 Å². The Labute approximate surface area is 160 Å². The molecule has 6 nitrogen and oxygen atoms in total. The number of aryl methyl sites for hydroxylation is 1. The Morgan fingerprint density at radius 3 is 2.60 bits per heavy atom. The quantitative estimate of drug-likeness (QED) is 0.730. The molecule has 134 valence electrons. The Kier molecular flexibility index (Phi) is 7.19. The molecule has 0 radical (unpaired) electrons. The van der Waals surface area contributed by atoms with Crippen LogP contribution in [0.25, 0.3) is 0 Å². The Balaban J connectivity index is 1.74. The van der Waals surface area contributed by atoms with Crippen LogP contribution in [0.3, 0.4) is 0 Å². The molecule has 2 aromatic rings. The summed E-state index contributed by atoms with van der Waals surface area (Å²) >= 11 is 13.4. The lowest BCUT2D eigenvalue weighted by Gasteiger charge is -2.17. The van der Waals surface area contributed by atoms with Crippen LogP contribution in [0.4, 0.5) is 0 Å².